The molecule has 1 aromatic carbocycles. The van der Waals surface area contributed by atoms with Gasteiger partial charge in [-0.1, -0.05) is 18.2 Å². The van der Waals surface area contributed by atoms with E-state index in [0.29, 0.717) is 5.75 Å². The Kier molecular flexibility index (Phi) is 6.44. The monoisotopic (exact) mass is 430 g/mol. The number of anilines is 1. The van der Waals surface area contributed by atoms with Gasteiger partial charge in [0.1, 0.15) is 18.5 Å². The van der Waals surface area contributed by atoms with Gasteiger partial charge in [0.15, 0.2) is 11.2 Å². The summed E-state index contributed by atoms with van der Waals surface area (Å²) in [4.78, 5) is 41.1. The topological polar surface area (TPSA) is 132 Å². The maximum absolute atomic E-state index is 12.8. The van der Waals surface area contributed by atoms with E-state index in [4.69, 9.17) is 4.74 Å². The van der Waals surface area contributed by atoms with Crippen molar-refractivity contribution in [3.05, 3.63) is 50.7 Å². The molecule has 0 aliphatic rings. The first-order chi connectivity index (χ1) is 14.7. The average molecular weight is 430 g/mol. The fraction of sp³-hybridized carbons (Fsp3) is 0.400. The molecule has 0 radical (unpaired) electrons. The fourth-order valence-corrected chi connectivity index (χ4v) is 3.17. The molecule has 11 heteroatoms. The van der Waals surface area contributed by atoms with Gasteiger partial charge in [-0.05, 0) is 18.6 Å². The number of hydrogen-bond donors (Lipinski definition) is 3. The third kappa shape index (κ3) is 4.45. The van der Waals surface area contributed by atoms with E-state index in [1.165, 1.54) is 30.3 Å². The minimum Gasteiger partial charge on any atom is -0.491 e. The molecule has 0 aliphatic heterocycles. The van der Waals surface area contributed by atoms with Gasteiger partial charge >= 0.3 is 5.69 Å². The number of hydrogen-bond acceptors (Lipinski definition) is 7. The van der Waals surface area contributed by atoms with Gasteiger partial charge in [0, 0.05) is 21.1 Å². The predicted octanol–water partition coefficient (Wildman–Crippen LogP) is -0.660. The quantitative estimate of drug-likeness (QED) is 0.432. The normalized spacial score (nSPS) is 12.0. The van der Waals surface area contributed by atoms with Crippen LogP contribution in [0.25, 0.3) is 11.2 Å². The van der Waals surface area contributed by atoms with Crippen LogP contribution in [0.2, 0.25) is 0 Å². The Morgan fingerprint density at radius 3 is 2.61 bits per heavy atom. The van der Waals surface area contributed by atoms with Gasteiger partial charge in [-0.3, -0.25) is 18.7 Å². The lowest BCUT2D eigenvalue weighted by Crippen LogP contribution is -2.38. The number of para-hydroxylation sites is 1. The lowest BCUT2D eigenvalue weighted by atomic mass is 10.2. The number of aliphatic hydroxyl groups is 1. The maximum Gasteiger partial charge on any atom is 0.332 e. The lowest BCUT2D eigenvalue weighted by molar-refractivity contribution is -0.118. The van der Waals surface area contributed by atoms with Crippen LogP contribution in [0.3, 0.4) is 0 Å². The van der Waals surface area contributed by atoms with Crippen molar-refractivity contribution in [3.63, 3.8) is 0 Å². The first kappa shape index (κ1) is 22.1. The van der Waals surface area contributed by atoms with Crippen molar-refractivity contribution in [3.8, 4) is 5.75 Å². The number of aliphatic hydroxyl groups excluding tert-OH is 1. The number of fused-ring (bicyclic) bond motifs is 1. The molecule has 0 spiro atoms. The summed E-state index contributed by atoms with van der Waals surface area (Å²) in [7, 11) is 4.37. The highest BCUT2D eigenvalue weighted by atomic mass is 16.5. The van der Waals surface area contributed by atoms with Gasteiger partial charge in [-0.25, -0.2) is 4.79 Å². The molecule has 11 nitrogen and oxygen atoms in total. The summed E-state index contributed by atoms with van der Waals surface area (Å²) >= 11 is 0. The first-order valence-corrected chi connectivity index (χ1v) is 9.71. The molecule has 1 atom stereocenters. The van der Waals surface area contributed by atoms with Crippen LogP contribution in [0, 0.1) is 6.92 Å². The molecule has 3 aromatic rings. The van der Waals surface area contributed by atoms with Crippen molar-refractivity contribution in [1.29, 1.82) is 0 Å². The molecule has 31 heavy (non-hydrogen) atoms. The number of ether oxygens (including phenoxy) is 1. The van der Waals surface area contributed by atoms with E-state index in [-0.39, 0.29) is 42.7 Å². The highest BCUT2D eigenvalue weighted by Crippen LogP contribution is 2.18. The largest absolute Gasteiger partial charge is 0.491 e. The SMILES string of the molecule is CNC(=O)CNc1nc2c(c(=O)n(C)c(=O)n2C)n1C[C@H](O)COc1ccccc1C. The number of aromatic nitrogens is 4. The summed E-state index contributed by atoms with van der Waals surface area (Å²) in [5, 5.41) is 16.0. The molecule has 0 aliphatic carbocycles. The van der Waals surface area contributed by atoms with Crippen LogP contribution < -0.4 is 26.6 Å². The van der Waals surface area contributed by atoms with Crippen LogP contribution in [-0.4, -0.2) is 56.0 Å². The zero-order chi connectivity index (χ0) is 22.7. The van der Waals surface area contributed by atoms with E-state index in [9.17, 15) is 19.5 Å². The summed E-state index contributed by atoms with van der Waals surface area (Å²) < 4.78 is 9.39. The van der Waals surface area contributed by atoms with Crippen molar-refractivity contribution in [2.75, 3.05) is 25.5 Å². The zero-order valence-electron chi connectivity index (χ0n) is 17.9. The van der Waals surface area contributed by atoms with E-state index >= 15 is 0 Å². The van der Waals surface area contributed by atoms with Crippen molar-refractivity contribution >= 4 is 23.0 Å². The number of benzene rings is 1. The number of aryl methyl sites for hydroxylation is 2. The number of nitrogens with one attached hydrogen (secondary N) is 2. The van der Waals surface area contributed by atoms with Crippen molar-refractivity contribution in [2.24, 2.45) is 14.1 Å². The third-order valence-electron chi connectivity index (χ3n) is 4.95. The van der Waals surface area contributed by atoms with E-state index < -0.39 is 17.4 Å². The standard InChI is InChI=1S/C20H26N6O5/c1-12-7-5-6-8-14(12)31-11-13(27)10-26-16-17(23-19(26)22-9-15(28)21-2)24(3)20(30)25(4)18(16)29/h5-8,13,27H,9-11H2,1-4H3,(H,21,28)(H,22,23)/t13-/m0/s1. The van der Waals surface area contributed by atoms with Crippen LogP contribution in [0.5, 0.6) is 5.75 Å². The van der Waals surface area contributed by atoms with E-state index in [1.54, 1.807) is 6.07 Å². The van der Waals surface area contributed by atoms with Gasteiger partial charge in [0.25, 0.3) is 5.56 Å². The number of likely N-dealkylation sites (N-methyl/N-ethyl adjacent to an activating group) is 1. The van der Waals surface area contributed by atoms with Crippen LogP contribution >= 0.6 is 0 Å². The first-order valence-electron chi connectivity index (χ1n) is 9.71. The molecule has 0 bridgehead atoms. The molecule has 2 heterocycles. The molecule has 0 saturated heterocycles. The molecule has 166 valence electrons. The van der Waals surface area contributed by atoms with Gasteiger partial charge < -0.3 is 25.0 Å². The number of amides is 1. The Bertz CT molecular complexity index is 1230. The molecular weight excluding hydrogens is 404 g/mol. The average Bonchev–Trinajstić information content (AvgIpc) is 3.12. The summed E-state index contributed by atoms with van der Waals surface area (Å²) in [5.41, 5.74) is 0.145. The maximum atomic E-state index is 12.8. The summed E-state index contributed by atoms with van der Waals surface area (Å²) in [6.07, 6.45) is -0.987. The minimum atomic E-state index is -0.987. The van der Waals surface area contributed by atoms with Gasteiger partial charge in [-0.15, -0.1) is 0 Å². The number of carbonyl (C=O) groups excluding carboxylic acids is 1. The Morgan fingerprint density at radius 1 is 1.23 bits per heavy atom. The molecule has 0 unspecified atom stereocenters. The number of imidazole rings is 1. The molecule has 0 fully saturated rings. The molecular formula is C20H26N6O5. The second-order valence-corrected chi connectivity index (χ2v) is 7.18. The zero-order valence-corrected chi connectivity index (χ0v) is 17.9. The van der Waals surface area contributed by atoms with E-state index in [0.717, 1.165) is 10.1 Å². The number of rotatable bonds is 8. The van der Waals surface area contributed by atoms with Crippen LogP contribution in [0.1, 0.15) is 5.56 Å². The highest BCUT2D eigenvalue weighted by molar-refractivity contribution is 5.81. The van der Waals surface area contributed by atoms with Gasteiger partial charge in [-0.2, -0.15) is 4.98 Å². The highest BCUT2D eigenvalue weighted by Gasteiger charge is 2.21. The molecule has 1 amide bonds. The Balaban J connectivity index is 1.96. The molecule has 3 rings (SSSR count). The summed E-state index contributed by atoms with van der Waals surface area (Å²) in [6, 6.07) is 7.43. The molecule has 0 saturated carbocycles. The van der Waals surface area contributed by atoms with E-state index in [1.807, 2.05) is 25.1 Å². The number of nitrogens with zero attached hydrogens (tertiary/aromatic N) is 4. The Morgan fingerprint density at radius 2 is 1.94 bits per heavy atom. The van der Waals surface area contributed by atoms with Crippen molar-refractivity contribution in [2.45, 2.75) is 19.6 Å². The van der Waals surface area contributed by atoms with E-state index in [2.05, 4.69) is 15.6 Å². The van der Waals surface area contributed by atoms with Crippen LogP contribution in [0.4, 0.5) is 5.95 Å². The Hall–Kier alpha value is -3.60. The van der Waals surface area contributed by atoms with Crippen molar-refractivity contribution < 1.29 is 14.6 Å². The fourth-order valence-electron chi connectivity index (χ4n) is 3.17. The molecule has 2 aromatic heterocycles. The summed E-state index contributed by atoms with van der Waals surface area (Å²) in [5.74, 6) is 0.545. The second kappa shape index (κ2) is 9.04. The molecule has 3 N–H and O–H groups in total. The summed E-state index contributed by atoms with van der Waals surface area (Å²) in [6.45, 7) is 1.75. The van der Waals surface area contributed by atoms with Gasteiger partial charge in [0.05, 0.1) is 13.1 Å². The van der Waals surface area contributed by atoms with Crippen LogP contribution in [-0.2, 0) is 25.4 Å². The van der Waals surface area contributed by atoms with Gasteiger partial charge in [0.2, 0.25) is 11.9 Å². The smallest absolute Gasteiger partial charge is 0.332 e. The van der Waals surface area contributed by atoms with Crippen molar-refractivity contribution in [1.82, 2.24) is 24.0 Å². The lowest BCUT2D eigenvalue weighted by Gasteiger charge is -2.16. The third-order valence-corrected chi connectivity index (χ3v) is 4.95. The Labute approximate surface area is 177 Å². The minimum absolute atomic E-state index is 0.0223. The number of carbonyl (C=O) groups is 1. The van der Waals surface area contributed by atoms with Crippen LogP contribution in [0.15, 0.2) is 33.9 Å². The second-order valence-electron chi connectivity index (χ2n) is 7.18. The predicted molar refractivity (Wildman–Crippen MR) is 115 cm³/mol.